The van der Waals surface area contributed by atoms with Crippen molar-refractivity contribution < 1.29 is 58.0 Å². The maximum atomic E-state index is 13.2. The molecule has 0 spiro atoms. The molecular weight excluding hydrogens is 552 g/mol. The number of aliphatic hydroxyl groups is 3. The molecule has 0 aromatic heterocycles. The summed E-state index contributed by atoms with van der Waals surface area (Å²) in [6.45, 7) is 7.72. The van der Waals surface area contributed by atoms with E-state index < -0.39 is 66.8 Å². The summed E-state index contributed by atoms with van der Waals surface area (Å²) >= 11 is 0. The highest BCUT2D eigenvalue weighted by atomic mass is 16.8. The summed E-state index contributed by atoms with van der Waals surface area (Å²) in [5.74, 6) is -0.905. The van der Waals surface area contributed by atoms with Crippen molar-refractivity contribution in [2.24, 2.45) is 11.8 Å². The van der Waals surface area contributed by atoms with Gasteiger partial charge in [-0.15, -0.1) is 0 Å². The van der Waals surface area contributed by atoms with Gasteiger partial charge >= 0.3 is 5.97 Å². The Kier molecular flexibility index (Phi) is 7.94. The second-order valence-electron chi connectivity index (χ2n) is 11.0. The summed E-state index contributed by atoms with van der Waals surface area (Å²) in [6, 6.07) is 3.60. The first kappa shape index (κ1) is 29.0. The molecule has 3 fully saturated rings. The van der Waals surface area contributed by atoms with Gasteiger partial charge in [-0.1, -0.05) is 19.6 Å². The van der Waals surface area contributed by atoms with Crippen LogP contribution in [0.1, 0.15) is 43.4 Å². The van der Waals surface area contributed by atoms with Crippen LogP contribution < -0.4 is 9.47 Å². The van der Waals surface area contributed by atoms with Crippen LogP contribution in [0.4, 0.5) is 0 Å². The van der Waals surface area contributed by atoms with Crippen molar-refractivity contribution in [2.75, 3.05) is 27.1 Å². The standard InChI is InChI=1S/C30H36O12/c1-5-13(2)24(31)19(35-4)7-6-15-16-8-20-21(39-12-38-20)9-17(16)27(18-10-37-29(34)23(15)18)42-30-26(33)25(32)28-22(41-30)11-36-14(3)40-28/h6-9,14-15,18,22-23,25-28,30-33H,2,5,10-12H2,1,3-4H3/b7-6+,24-19-/t14-,15-,18+,22-,23-,25-,26-,27-,28-,30+/m1/s1. The highest BCUT2D eigenvalue weighted by Gasteiger charge is 2.55. The van der Waals surface area contributed by atoms with Gasteiger partial charge in [0.15, 0.2) is 35.6 Å². The lowest BCUT2D eigenvalue weighted by Gasteiger charge is -2.47. The maximum Gasteiger partial charge on any atom is 0.310 e. The molecule has 0 amide bonds. The Morgan fingerprint density at radius 1 is 1.10 bits per heavy atom. The molecule has 0 saturated carbocycles. The summed E-state index contributed by atoms with van der Waals surface area (Å²) < 4.78 is 46.0. The first-order chi connectivity index (χ1) is 20.2. The third-order valence-electron chi connectivity index (χ3n) is 8.61. The zero-order chi connectivity index (χ0) is 29.7. The van der Waals surface area contributed by atoms with Crippen molar-refractivity contribution in [3.05, 3.63) is 59.1 Å². The Morgan fingerprint density at radius 3 is 2.55 bits per heavy atom. The molecule has 12 nitrogen and oxygen atoms in total. The molecular formula is C30H36O12. The van der Waals surface area contributed by atoms with Gasteiger partial charge in [0.05, 0.1) is 32.3 Å². The maximum absolute atomic E-state index is 13.2. The molecule has 0 radical (unpaired) electrons. The normalized spacial score (nSPS) is 37.4. The number of fused-ring (bicyclic) bond motifs is 4. The van der Waals surface area contributed by atoms with E-state index in [9.17, 15) is 20.1 Å². The lowest BCUT2D eigenvalue weighted by Crippen LogP contribution is -2.63. The van der Waals surface area contributed by atoms with Gasteiger partial charge < -0.3 is 53.2 Å². The van der Waals surface area contributed by atoms with Gasteiger partial charge in [0.1, 0.15) is 24.4 Å². The number of hydrogen-bond donors (Lipinski definition) is 3. The van der Waals surface area contributed by atoms with Crippen molar-refractivity contribution in [3.63, 3.8) is 0 Å². The molecule has 10 atom stereocenters. The van der Waals surface area contributed by atoms with Crippen molar-refractivity contribution in [2.45, 2.75) is 69.3 Å². The Labute approximate surface area is 243 Å². The zero-order valence-corrected chi connectivity index (χ0v) is 23.6. The molecule has 0 bridgehead atoms. The largest absolute Gasteiger partial charge is 0.504 e. The SMILES string of the molecule is C=C(CC)/C(O)=C(\C=C\[C@@H]1c2cc3c(cc2[C@@H](O[C@@H]2O[C@@H]4CO[C@@H](C)O[C@H]4[C@H](O)[C@H]2O)[C@H]2COC(=O)[C@@H]21)OCO3)OC. The molecule has 3 N–H and O–H groups in total. The Bertz CT molecular complexity index is 1290. The quantitative estimate of drug-likeness (QED) is 0.244. The molecule has 228 valence electrons. The number of benzene rings is 1. The molecule has 3 saturated heterocycles. The number of aliphatic hydroxyl groups excluding tert-OH is 3. The van der Waals surface area contributed by atoms with Gasteiger partial charge in [-0.3, -0.25) is 4.79 Å². The summed E-state index contributed by atoms with van der Waals surface area (Å²) in [6.07, 6.45) is -2.77. The number of ether oxygens (including phenoxy) is 8. The van der Waals surface area contributed by atoms with Gasteiger partial charge in [0.25, 0.3) is 0 Å². The Morgan fingerprint density at radius 2 is 1.83 bits per heavy atom. The third kappa shape index (κ3) is 4.95. The van der Waals surface area contributed by atoms with E-state index in [0.717, 1.165) is 0 Å². The summed E-state index contributed by atoms with van der Waals surface area (Å²) in [5.41, 5.74) is 1.91. The van der Waals surface area contributed by atoms with E-state index in [4.69, 9.17) is 37.9 Å². The fraction of sp³-hybridized carbons (Fsp3) is 0.567. The number of allylic oxidation sites excluding steroid dienone is 3. The van der Waals surface area contributed by atoms with Gasteiger partial charge in [-0.05, 0) is 48.3 Å². The fourth-order valence-corrected chi connectivity index (χ4v) is 6.30. The lowest BCUT2D eigenvalue weighted by atomic mass is 9.68. The third-order valence-corrected chi connectivity index (χ3v) is 8.61. The van der Waals surface area contributed by atoms with Crippen molar-refractivity contribution in [3.8, 4) is 11.5 Å². The molecule has 0 unspecified atom stereocenters. The van der Waals surface area contributed by atoms with Crippen LogP contribution in [0, 0.1) is 11.8 Å². The highest BCUT2D eigenvalue weighted by Crippen LogP contribution is 2.54. The summed E-state index contributed by atoms with van der Waals surface area (Å²) in [7, 11) is 1.44. The van der Waals surface area contributed by atoms with Crippen LogP contribution in [0.3, 0.4) is 0 Å². The smallest absolute Gasteiger partial charge is 0.310 e. The number of methoxy groups -OCH3 is 1. The molecule has 6 rings (SSSR count). The number of rotatable bonds is 7. The molecule has 1 aromatic rings. The minimum absolute atomic E-state index is 0.0425. The van der Waals surface area contributed by atoms with Gasteiger partial charge in [-0.25, -0.2) is 0 Å². The minimum atomic E-state index is -1.42. The number of carbonyl (C=O) groups is 1. The minimum Gasteiger partial charge on any atom is -0.504 e. The second kappa shape index (κ2) is 11.5. The number of carbonyl (C=O) groups excluding carboxylic acids is 1. The van der Waals surface area contributed by atoms with E-state index >= 15 is 0 Å². The first-order valence-corrected chi connectivity index (χ1v) is 14.1. The van der Waals surface area contributed by atoms with E-state index in [-0.39, 0.29) is 31.5 Å². The van der Waals surface area contributed by atoms with Crippen LogP contribution in [0.2, 0.25) is 0 Å². The molecule has 1 aromatic carbocycles. The van der Waals surface area contributed by atoms with E-state index in [1.165, 1.54) is 7.11 Å². The molecule has 4 heterocycles. The Hall–Kier alpha value is -3.13. The number of esters is 1. The second-order valence-corrected chi connectivity index (χ2v) is 11.0. The molecule has 4 aliphatic heterocycles. The number of hydrogen-bond acceptors (Lipinski definition) is 12. The topological polar surface area (TPSA) is 152 Å². The zero-order valence-electron chi connectivity index (χ0n) is 23.6. The van der Waals surface area contributed by atoms with Crippen LogP contribution in [0.25, 0.3) is 0 Å². The van der Waals surface area contributed by atoms with Gasteiger partial charge in [-0.2, -0.15) is 0 Å². The first-order valence-electron chi connectivity index (χ1n) is 14.1. The van der Waals surface area contributed by atoms with E-state index in [1.54, 1.807) is 31.2 Å². The van der Waals surface area contributed by atoms with E-state index in [2.05, 4.69) is 6.58 Å². The van der Waals surface area contributed by atoms with Gasteiger partial charge in [0, 0.05) is 11.8 Å². The van der Waals surface area contributed by atoms with Gasteiger partial charge in [0.2, 0.25) is 6.79 Å². The summed E-state index contributed by atoms with van der Waals surface area (Å²) in [5, 5.41) is 32.5. The van der Waals surface area contributed by atoms with Crippen molar-refractivity contribution >= 4 is 5.97 Å². The molecule has 1 aliphatic carbocycles. The average molecular weight is 589 g/mol. The van der Waals surface area contributed by atoms with Crippen LogP contribution in [-0.2, 0) is 33.2 Å². The monoisotopic (exact) mass is 588 g/mol. The van der Waals surface area contributed by atoms with Crippen molar-refractivity contribution in [1.82, 2.24) is 0 Å². The average Bonchev–Trinajstić information content (AvgIpc) is 3.61. The van der Waals surface area contributed by atoms with Crippen LogP contribution in [0.5, 0.6) is 11.5 Å². The molecule has 5 aliphatic rings. The van der Waals surface area contributed by atoms with E-state index in [1.807, 2.05) is 6.92 Å². The number of cyclic esters (lactones) is 1. The van der Waals surface area contributed by atoms with Crippen LogP contribution in [-0.4, -0.2) is 85.4 Å². The molecule has 12 heteroatoms. The predicted octanol–water partition coefficient (Wildman–Crippen LogP) is 2.51. The lowest BCUT2D eigenvalue weighted by molar-refractivity contribution is -0.364. The van der Waals surface area contributed by atoms with Crippen LogP contribution in [0.15, 0.2) is 48.0 Å². The Balaban J connectivity index is 1.38. The van der Waals surface area contributed by atoms with Crippen molar-refractivity contribution in [1.29, 1.82) is 0 Å². The predicted molar refractivity (Wildman–Crippen MR) is 143 cm³/mol. The molecule has 42 heavy (non-hydrogen) atoms. The van der Waals surface area contributed by atoms with E-state index in [0.29, 0.717) is 34.6 Å². The summed E-state index contributed by atoms with van der Waals surface area (Å²) in [4.78, 5) is 13.2. The fourth-order valence-electron chi connectivity index (χ4n) is 6.30. The van der Waals surface area contributed by atoms with Crippen LogP contribution >= 0.6 is 0 Å². The highest BCUT2D eigenvalue weighted by molar-refractivity contribution is 5.78.